The molecule has 18 heavy (non-hydrogen) atoms. The highest BCUT2D eigenvalue weighted by Crippen LogP contribution is 2.16. The monoisotopic (exact) mass is 319 g/mol. The van der Waals surface area contributed by atoms with Crippen molar-refractivity contribution in [1.29, 1.82) is 0 Å². The van der Waals surface area contributed by atoms with E-state index in [-0.39, 0.29) is 36.9 Å². The van der Waals surface area contributed by atoms with E-state index in [0.29, 0.717) is 0 Å². The molecule has 9 heteroatoms. The average molecular weight is 320 g/mol. The van der Waals surface area contributed by atoms with Gasteiger partial charge in [0.15, 0.2) is 0 Å². The zero-order valence-electron chi connectivity index (χ0n) is 10.4. The van der Waals surface area contributed by atoms with Crippen molar-refractivity contribution in [3.05, 3.63) is 0 Å². The van der Waals surface area contributed by atoms with Crippen molar-refractivity contribution in [3.63, 3.8) is 0 Å². The number of ether oxygens (including phenoxy) is 1. The van der Waals surface area contributed by atoms with Crippen LogP contribution in [0.5, 0.6) is 0 Å². The molecule has 0 saturated carbocycles. The number of alkyl halides is 1. The SMILES string of the molecule is CC1CN(S(=O)(=O)CCS(C)(=O)=O)CC(CCl)O1. The Balaban J connectivity index is 2.72. The number of hydrogen-bond acceptors (Lipinski definition) is 5. The maximum Gasteiger partial charge on any atom is 0.215 e. The maximum atomic E-state index is 12.0. The van der Waals surface area contributed by atoms with Crippen molar-refractivity contribution in [2.75, 3.05) is 36.7 Å². The number of nitrogens with zero attached hydrogens (tertiary/aromatic N) is 1. The van der Waals surface area contributed by atoms with Gasteiger partial charge in [0.1, 0.15) is 9.84 Å². The number of sulfonamides is 1. The van der Waals surface area contributed by atoms with Gasteiger partial charge in [-0.2, -0.15) is 4.31 Å². The fourth-order valence-corrected chi connectivity index (χ4v) is 5.01. The van der Waals surface area contributed by atoms with E-state index in [9.17, 15) is 16.8 Å². The second kappa shape index (κ2) is 6.04. The first-order valence-electron chi connectivity index (χ1n) is 5.51. The Hall–Kier alpha value is 0.110. The lowest BCUT2D eigenvalue weighted by Gasteiger charge is -2.35. The molecule has 6 nitrogen and oxygen atoms in total. The fourth-order valence-electron chi connectivity index (χ4n) is 1.70. The summed E-state index contributed by atoms with van der Waals surface area (Å²) < 4.78 is 52.8. The van der Waals surface area contributed by atoms with Crippen molar-refractivity contribution < 1.29 is 21.6 Å². The van der Waals surface area contributed by atoms with Crippen LogP contribution in [0.25, 0.3) is 0 Å². The van der Waals surface area contributed by atoms with Crippen molar-refractivity contribution >= 4 is 31.5 Å². The summed E-state index contributed by atoms with van der Waals surface area (Å²) in [7, 11) is -6.87. The smallest absolute Gasteiger partial charge is 0.215 e. The first-order chi connectivity index (χ1) is 8.14. The molecule has 108 valence electrons. The Kier molecular flexibility index (Phi) is 5.43. The first kappa shape index (κ1) is 16.2. The van der Waals surface area contributed by atoms with Crippen molar-refractivity contribution in [2.45, 2.75) is 19.1 Å². The molecule has 0 aromatic carbocycles. The molecule has 2 unspecified atom stereocenters. The Bertz CT molecular complexity index is 475. The third-order valence-corrected chi connectivity index (χ3v) is 5.92. The predicted octanol–water partition coefficient (Wildman–Crippen LogP) is -0.311. The van der Waals surface area contributed by atoms with Crippen LogP contribution in [0.2, 0.25) is 0 Å². The lowest BCUT2D eigenvalue weighted by molar-refractivity contribution is -0.0422. The summed E-state index contributed by atoms with van der Waals surface area (Å²) in [5.74, 6) is -0.553. The van der Waals surface area contributed by atoms with E-state index in [4.69, 9.17) is 16.3 Å². The summed E-state index contributed by atoms with van der Waals surface area (Å²) in [6.07, 6.45) is 0.436. The molecule has 0 aromatic heterocycles. The Morgan fingerprint density at radius 3 is 2.33 bits per heavy atom. The van der Waals surface area contributed by atoms with Crippen LogP contribution >= 0.6 is 11.6 Å². The molecule has 1 heterocycles. The van der Waals surface area contributed by atoms with E-state index in [1.165, 1.54) is 4.31 Å². The van der Waals surface area contributed by atoms with Gasteiger partial charge in [-0.1, -0.05) is 0 Å². The van der Waals surface area contributed by atoms with Gasteiger partial charge in [-0.25, -0.2) is 16.8 Å². The molecule has 1 aliphatic heterocycles. The van der Waals surface area contributed by atoms with Crippen LogP contribution in [-0.4, -0.2) is 70.1 Å². The number of sulfone groups is 1. The van der Waals surface area contributed by atoms with Gasteiger partial charge in [-0.3, -0.25) is 0 Å². The topological polar surface area (TPSA) is 80.8 Å². The zero-order valence-corrected chi connectivity index (χ0v) is 12.8. The molecular weight excluding hydrogens is 302 g/mol. The third-order valence-electron chi connectivity index (χ3n) is 2.57. The van der Waals surface area contributed by atoms with Gasteiger partial charge in [0.05, 0.1) is 23.7 Å². The van der Waals surface area contributed by atoms with Crippen molar-refractivity contribution in [1.82, 2.24) is 4.31 Å². The standard InChI is InChI=1S/C9H18ClNO5S2/c1-8-6-11(7-9(5-10)16-8)18(14,15)4-3-17(2,12)13/h8-9H,3-7H2,1-2H3. The zero-order chi connectivity index (χ0) is 14.0. The molecule has 0 amide bonds. The largest absolute Gasteiger partial charge is 0.371 e. The van der Waals surface area contributed by atoms with Crippen molar-refractivity contribution in [3.8, 4) is 0 Å². The summed E-state index contributed by atoms with van der Waals surface area (Å²) in [6, 6.07) is 0. The summed E-state index contributed by atoms with van der Waals surface area (Å²) in [5.41, 5.74) is 0. The third kappa shape index (κ3) is 5.00. The molecule has 2 atom stereocenters. The second-order valence-electron chi connectivity index (χ2n) is 4.49. The molecule has 0 radical (unpaired) electrons. The normalized spacial score (nSPS) is 27.3. The lowest BCUT2D eigenvalue weighted by Crippen LogP contribution is -2.50. The van der Waals surface area contributed by atoms with Crippen LogP contribution in [0, 0.1) is 0 Å². The first-order valence-corrected chi connectivity index (χ1v) is 9.71. The predicted molar refractivity (Wildman–Crippen MR) is 70.1 cm³/mol. The van der Waals surface area contributed by atoms with Gasteiger partial charge < -0.3 is 4.74 Å². The average Bonchev–Trinajstić information content (AvgIpc) is 2.25. The molecule has 1 saturated heterocycles. The number of rotatable bonds is 5. The summed E-state index contributed by atoms with van der Waals surface area (Å²) in [6.45, 7) is 2.18. The molecule has 0 N–H and O–H groups in total. The van der Waals surface area contributed by atoms with E-state index in [0.717, 1.165) is 6.26 Å². The number of morpholine rings is 1. The van der Waals surface area contributed by atoms with Crippen LogP contribution in [0.4, 0.5) is 0 Å². The molecule has 0 aromatic rings. The molecular formula is C9H18ClNO5S2. The van der Waals surface area contributed by atoms with E-state index in [1.807, 2.05) is 0 Å². The van der Waals surface area contributed by atoms with Gasteiger partial charge in [0, 0.05) is 25.2 Å². The van der Waals surface area contributed by atoms with E-state index in [2.05, 4.69) is 0 Å². The molecule has 0 bridgehead atoms. The summed E-state index contributed by atoms with van der Waals surface area (Å²) in [5, 5.41) is 0. The summed E-state index contributed by atoms with van der Waals surface area (Å²) >= 11 is 5.67. The molecule has 0 aliphatic carbocycles. The van der Waals surface area contributed by atoms with Gasteiger partial charge in [0.2, 0.25) is 10.0 Å². The van der Waals surface area contributed by atoms with Gasteiger partial charge in [-0.15, -0.1) is 11.6 Å². The van der Waals surface area contributed by atoms with Crippen molar-refractivity contribution in [2.24, 2.45) is 0 Å². The Morgan fingerprint density at radius 1 is 1.22 bits per heavy atom. The van der Waals surface area contributed by atoms with Crippen LogP contribution < -0.4 is 0 Å². The minimum Gasteiger partial charge on any atom is -0.371 e. The van der Waals surface area contributed by atoms with Gasteiger partial charge >= 0.3 is 0 Å². The van der Waals surface area contributed by atoms with E-state index in [1.54, 1.807) is 6.92 Å². The highest BCUT2D eigenvalue weighted by molar-refractivity contribution is 7.93. The Labute approximate surface area is 113 Å². The lowest BCUT2D eigenvalue weighted by atomic mass is 10.3. The van der Waals surface area contributed by atoms with Gasteiger partial charge in [-0.05, 0) is 6.92 Å². The maximum absolute atomic E-state index is 12.0. The van der Waals surface area contributed by atoms with Gasteiger partial charge in [0.25, 0.3) is 0 Å². The van der Waals surface area contributed by atoms with E-state index >= 15 is 0 Å². The van der Waals surface area contributed by atoms with Crippen LogP contribution in [0.3, 0.4) is 0 Å². The molecule has 1 fully saturated rings. The summed E-state index contributed by atoms with van der Waals surface area (Å²) in [4.78, 5) is 0. The van der Waals surface area contributed by atoms with Crippen LogP contribution in [-0.2, 0) is 24.6 Å². The minimum atomic E-state index is -3.58. The molecule has 1 aliphatic rings. The fraction of sp³-hybridized carbons (Fsp3) is 1.00. The van der Waals surface area contributed by atoms with Crippen LogP contribution in [0.15, 0.2) is 0 Å². The number of halogens is 1. The number of hydrogen-bond donors (Lipinski definition) is 0. The van der Waals surface area contributed by atoms with Crippen LogP contribution in [0.1, 0.15) is 6.92 Å². The molecule has 0 spiro atoms. The Morgan fingerprint density at radius 2 is 1.83 bits per heavy atom. The quantitative estimate of drug-likeness (QED) is 0.649. The highest BCUT2D eigenvalue weighted by Gasteiger charge is 2.32. The highest BCUT2D eigenvalue weighted by atomic mass is 35.5. The second-order valence-corrected chi connectivity index (χ2v) is 9.14. The molecule has 1 rings (SSSR count). The minimum absolute atomic E-state index is 0.180. The van der Waals surface area contributed by atoms with E-state index < -0.39 is 25.6 Å².